The zero-order valence-electron chi connectivity index (χ0n) is 12.0. The van der Waals surface area contributed by atoms with Crippen LogP contribution < -0.4 is 0 Å². The molecule has 0 radical (unpaired) electrons. The molecule has 3 rings (SSSR count). The molecule has 0 spiro atoms. The Morgan fingerprint density at radius 2 is 1.95 bits per heavy atom. The molecule has 2 N–H and O–H groups in total. The highest BCUT2D eigenvalue weighted by Crippen LogP contribution is 2.32. The number of carboxylic acid groups (broad SMARTS) is 1. The van der Waals surface area contributed by atoms with Gasteiger partial charge in [0.1, 0.15) is 11.7 Å². The molecule has 1 saturated heterocycles. The van der Waals surface area contributed by atoms with Crippen molar-refractivity contribution in [3.05, 3.63) is 17.5 Å². The molecule has 1 amide bonds. The van der Waals surface area contributed by atoms with Crippen molar-refractivity contribution in [2.24, 2.45) is 0 Å². The first-order chi connectivity index (χ1) is 10.2. The summed E-state index contributed by atoms with van der Waals surface area (Å²) in [6, 6.07) is 1.11. The van der Waals surface area contributed by atoms with Crippen molar-refractivity contribution >= 4 is 11.9 Å². The van der Waals surface area contributed by atoms with E-state index in [-0.39, 0.29) is 5.91 Å². The number of hydrogen-bond acceptors (Lipinski definition) is 3. The highest BCUT2D eigenvalue weighted by molar-refractivity contribution is 5.95. The summed E-state index contributed by atoms with van der Waals surface area (Å²) in [5.41, 5.74) is 1.37. The average molecular weight is 291 g/mol. The van der Waals surface area contributed by atoms with Crippen LogP contribution in [-0.2, 0) is 4.79 Å². The number of carboxylic acids is 1. The molecule has 1 aliphatic heterocycles. The van der Waals surface area contributed by atoms with Crippen LogP contribution in [0.25, 0.3) is 0 Å². The Morgan fingerprint density at radius 3 is 2.67 bits per heavy atom. The third-order valence-corrected chi connectivity index (χ3v) is 4.66. The van der Waals surface area contributed by atoms with Gasteiger partial charge in [-0.05, 0) is 31.7 Å². The topological polar surface area (TPSA) is 86.3 Å². The van der Waals surface area contributed by atoms with Crippen LogP contribution in [0.4, 0.5) is 0 Å². The molecule has 6 heteroatoms. The smallest absolute Gasteiger partial charge is 0.326 e. The van der Waals surface area contributed by atoms with Crippen molar-refractivity contribution in [3.8, 4) is 0 Å². The van der Waals surface area contributed by atoms with E-state index in [4.69, 9.17) is 5.11 Å². The quantitative estimate of drug-likeness (QED) is 0.893. The summed E-state index contributed by atoms with van der Waals surface area (Å²) in [7, 11) is 0. The van der Waals surface area contributed by atoms with Crippen LogP contribution in [0.2, 0.25) is 0 Å². The molecule has 2 fully saturated rings. The normalized spacial score (nSPS) is 23.4. The summed E-state index contributed by atoms with van der Waals surface area (Å²) in [5.74, 6) is -0.733. The van der Waals surface area contributed by atoms with Crippen molar-refractivity contribution in [3.63, 3.8) is 0 Å². The van der Waals surface area contributed by atoms with Crippen LogP contribution in [0.1, 0.15) is 67.0 Å². The number of rotatable bonds is 3. The van der Waals surface area contributed by atoms with E-state index < -0.39 is 12.0 Å². The van der Waals surface area contributed by atoms with Gasteiger partial charge >= 0.3 is 5.97 Å². The highest BCUT2D eigenvalue weighted by atomic mass is 16.4. The summed E-state index contributed by atoms with van der Waals surface area (Å²) in [4.78, 5) is 25.0. The summed E-state index contributed by atoms with van der Waals surface area (Å²) in [6.07, 6.45) is 7.27. The van der Waals surface area contributed by atoms with Crippen molar-refractivity contribution in [2.75, 3.05) is 6.54 Å². The Balaban J connectivity index is 1.73. The fourth-order valence-electron chi connectivity index (χ4n) is 3.48. The molecule has 114 valence electrons. The molecule has 2 aliphatic rings. The minimum atomic E-state index is -0.927. The van der Waals surface area contributed by atoms with Gasteiger partial charge in [-0.3, -0.25) is 9.89 Å². The highest BCUT2D eigenvalue weighted by Gasteiger charge is 2.35. The van der Waals surface area contributed by atoms with Gasteiger partial charge in [0.2, 0.25) is 0 Å². The van der Waals surface area contributed by atoms with Gasteiger partial charge < -0.3 is 10.0 Å². The van der Waals surface area contributed by atoms with Gasteiger partial charge in [-0.1, -0.05) is 19.3 Å². The standard InChI is InChI=1S/C15H21N3O3/c19-14(18-8-4-7-13(18)15(20)21)12-9-11(16-17-12)10-5-2-1-3-6-10/h9-10,13H,1-8H2,(H,16,17)(H,20,21)/t13-/m0/s1. The first-order valence-corrected chi connectivity index (χ1v) is 7.76. The van der Waals surface area contributed by atoms with Gasteiger partial charge in [0.05, 0.1) is 0 Å². The van der Waals surface area contributed by atoms with Crippen molar-refractivity contribution < 1.29 is 14.7 Å². The number of aliphatic carboxylic acids is 1. The zero-order valence-corrected chi connectivity index (χ0v) is 12.0. The fourth-order valence-corrected chi connectivity index (χ4v) is 3.48. The number of hydrogen-bond donors (Lipinski definition) is 2. The van der Waals surface area contributed by atoms with E-state index in [2.05, 4.69) is 10.2 Å². The maximum absolute atomic E-state index is 12.4. The monoisotopic (exact) mass is 291 g/mol. The predicted octanol–water partition coefficient (Wildman–Crippen LogP) is 2.15. The zero-order chi connectivity index (χ0) is 14.8. The summed E-state index contributed by atoms with van der Waals surface area (Å²) >= 11 is 0. The van der Waals surface area contributed by atoms with E-state index in [0.29, 0.717) is 24.6 Å². The van der Waals surface area contributed by atoms with E-state index in [1.54, 1.807) is 0 Å². The van der Waals surface area contributed by atoms with E-state index in [1.807, 2.05) is 6.07 Å². The maximum Gasteiger partial charge on any atom is 0.326 e. The molecular weight excluding hydrogens is 270 g/mol. The van der Waals surface area contributed by atoms with Crippen LogP contribution in [0.15, 0.2) is 6.07 Å². The summed E-state index contributed by atoms with van der Waals surface area (Å²) in [5, 5.41) is 16.3. The largest absolute Gasteiger partial charge is 0.480 e. The van der Waals surface area contributed by atoms with E-state index in [0.717, 1.165) is 25.0 Å². The number of nitrogens with one attached hydrogen (secondary N) is 1. The predicted molar refractivity (Wildman–Crippen MR) is 76.1 cm³/mol. The van der Waals surface area contributed by atoms with Gasteiger partial charge in [0.15, 0.2) is 0 Å². The van der Waals surface area contributed by atoms with Crippen molar-refractivity contribution in [1.29, 1.82) is 0 Å². The van der Waals surface area contributed by atoms with Crippen molar-refractivity contribution in [1.82, 2.24) is 15.1 Å². The van der Waals surface area contributed by atoms with Gasteiger partial charge in [0.25, 0.3) is 5.91 Å². The number of likely N-dealkylation sites (tertiary alicyclic amines) is 1. The minimum absolute atomic E-state index is 0.266. The average Bonchev–Trinajstić information content (AvgIpc) is 3.17. The number of amides is 1. The lowest BCUT2D eigenvalue weighted by Gasteiger charge is -2.20. The first kappa shape index (κ1) is 14.1. The first-order valence-electron chi connectivity index (χ1n) is 7.76. The van der Waals surface area contributed by atoms with Gasteiger partial charge in [0, 0.05) is 18.2 Å². The second-order valence-electron chi connectivity index (χ2n) is 6.04. The fraction of sp³-hybridized carbons (Fsp3) is 0.667. The van der Waals surface area contributed by atoms with E-state index in [1.165, 1.54) is 24.2 Å². The van der Waals surface area contributed by atoms with Crippen LogP contribution in [0.5, 0.6) is 0 Å². The third-order valence-electron chi connectivity index (χ3n) is 4.66. The third kappa shape index (κ3) is 2.80. The molecule has 0 bridgehead atoms. The van der Waals surface area contributed by atoms with Gasteiger partial charge in [-0.2, -0.15) is 5.10 Å². The number of nitrogens with zero attached hydrogens (tertiary/aromatic N) is 2. The lowest BCUT2D eigenvalue weighted by atomic mass is 9.87. The Morgan fingerprint density at radius 1 is 1.19 bits per heavy atom. The molecule has 1 aromatic heterocycles. The van der Waals surface area contributed by atoms with E-state index in [9.17, 15) is 9.59 Å². The molecule has 1 atom stereocenters. The molecule has 6 nitrogen and oxygen atoms in total. The second-order valence-corrected chi connectivity index (χ2v) is 6.04. The molecular formula is C15H21N3O3. The van der Waals surface area contributed by atoms with Crippen LogP contribution in [0, 0.1) is 0 Å². The lowest BCUT2D eigenvalue weighted by Crippen LogP contribution is -2.40. The Kier molecular flexibility index (Phi) is 3.94. The molecule has 1 saturated carbocycles. The summed E-state index contributed by atoms with van der Waals surface area (Å²) in [6.45, 7) is 0.501. The summed E-state index contributed by atoms with van der Waals surface area (Å²) < 4.78 is 0. The number of carbonyl (C=O) groups excluding carboxylic acids is 1. The second kappa shape index (κ2) is 5.87. The molecule has 1 aliphatic carbocycles. The van der Waals surface area contributed by atoms with E-state index >= 15 is 0 Å². The SMILES string of the molecule is O=C(O)[C@@H]1CCCN1C(=O)c1cc(C2CCCCC2)[nH]n1. The van der Waals surface area contributed by atoms with Crippen LogP contribution in [-0.4, -0.2) is 44.7 Å². The van der Waals surface area contributed by atoms with Crippen LogP contribution >= 0.6 is 0 Å². The molecule has 0 aromatic carbocycles. The lowest BCUT2D eigenvalue weighted by molar-refractivity contribution is -0.141. The molecule has 2 heterocycles. The van der Waals surface area contributed by atoms with Gasteiger partial charge in [-0.15, -0.1) is 0 Å². The molecule has 21 heavy (non-hydrogen) atoms. The Bertz CT molecular complexity index is 534. The number of carbonyl (C=O) groups is 2. The Hall–Kier alpha value is -1.85. The minimum Gasteiger partial charge on any atom is -0.480 e. The molecule has 0 unspecified atom stereocenters. The Labute approximate surface area is 123 Å². The van der Waals surface area contributed by atoms with Crippen LogP contribution in [0.3, 0.4) is 0 Å². The maximum atomic E-state index is 12.4. The number of aromatic nitrogens is 2. The van der Waals surface area contributed by atoms with Gasteiger partial charge in [-0.25, -0.2) is 4.79 Å². The number of aromatic amines is 1. The van der Waals surface area contributed by atoms with Crippen molar-refractivity contribution in [2.45, 2.75) is 56.9 Å². The molecule has 1 aromatic rings. The number of H-pyrrole nitrogens is 1.